The molecule has 0 aromatic heterocycles. The Kier molecular flexibility index (Phi) is 2.28. The lowest BCUT2D eigenvalue weighted by atomic mass is 10.4. The van der Waals surface area contributed by atoms with Crippen molar-refractivity contribution in [2.45, 2.75) is 17.3 Å². The number of amides is 2. The predicted octanol–water partition coefficient (Wildman–Crippen LogP) is 0.569. The van der Waals surface area contributed by atoms with E-state index in [0.717, 1.165) is 0 Å². The second-order valence-corrected chi connectivity index (χ2v) is 3.65. The Bertz CT molecular complexity index is 181. The lowest BCUT2D eigenvalue weighted by Gasteiger charge is -2.08. The molecule has 1 aliphatic heterocycles. The van der Waals surface area contributed by atoms with Crippen LogP contribution in [0.1, 0.15) is 13.3 Å². The van der Waals surface area contributed by atoms with Crippen molar-refractivity contribution in [3.05, 3.63) is 0 Å². The monoisotopic (exact) mass is 253 g/mol. The van der Waals surface area contributed by atoms with Crippen LogP contribution in [-0.2, 0) is 9.59 Å². The van der Waals surface area contributed by atoms with Crippen LogP contribution in [0, 0.1) is 0 Å². The van der Waals surface area contributed by atoms with Gasteiger partial charge in [0.15, 0.2) is 0 Å². The average molecular weight is 253 g/mol. The van der Waals surface area contributed by atoms with Crippen molar-refractivity contribution in [3.8, 4) is 0 Å². The maximum atomic E-state index is 11.0. The third kappa shape index (κ3) is 1.16. The number of carbonyl (C=O) groups excluding carboxylic acids is 2. The van der Waals surface area contributed by atoms with Gasteiger partial charge in [-0.2, -0.15) is 0 Å². The Hall–Kier alpha value is -0.130. The first kappa shape index (κ1) is 7.97. The molecule has 1 unspecified atom stereocenters. The Morgan fingerprint density at radius 1 is 1.70 bits per heavy atom. The van der Waals surface area contributed by atoms with E-state index in [-0.39, 0.29) is 15.7 Å². The fourth-order valence-corrected chi connectivity index (χ4v) is 1.69. The molecule has 4 heteroatoms. The van der Waals surface area contributed by atoms with Crippen molar-refractivity contribution in [2.24, 2.45) is 0 Å². The number of likely N-dealkylation sites (tertiary alicyclic amines) is 1. The molecule has 1 aliphatic rings. The van der Waals surface area contributed by atoms with Gasteiger partial charge in [-0.25, -0.2) is 0 Å². The Morgan fingerprint density at radius 3 is 2.50 bits per heavy atom. The summed E-state index contributed by atoms with van der Waals surface area (Å²) in [7, 11) is 0. The van der Waals surface area contributed by atoms with Gasteiger partial charge in [-0.3, -0.25) is 14.5 Å². The van der Waals surface area contributed by atoms with Crippen LogP contribution in [0.5, 0.6) is 0 Å². The number of rotatable bonds is 1. The number of hydrogen-bond acceptors (Lipinski definition) is 2. The first-order chi connectivity index (χ1) is 4.66. The summed E-state index contributed by atoms with van der Waals surface area (Å²) in [6.07, 6.45) is 0.382. The minimum absolute atomic E-state index is 0.0342. The summed E-state index contributed by atoms with van der Waals surface area (Å²) in [5.74, 6) is -0.0694. The highest BCUT2D eigenvalue weighted by molar-refractivity contribution is 14.1. The molecule has 1 saturated heterocycles. The molecule has 3 nitrogen and oxygen atoms in total. The van der Waals surface area contributed by atoms with E-state index in [0.29, 0.717) is 13.0 Å². The van der Waals surface area contributed by atoms with Crippen molar-refractivity contribution in [2.75, 3.05) is 6.54 Å². The number of carbonyl (C=O) groups is 2. The van der Waals surface area contributed by atoms with E-state index in [4.69, 9.17) is 0 Å². The van der Waals surface area contributed by atoms with E-state index in [1.54, 1.807) is 0 Å². The summed E-state index contributed by atoms with van der Waals surface area (Å²) in [5, 5.41) is 0. The second-order valence-electron chi connectivity index (χ2n) is 2.15. The zero-order valence-corrected chi connectivity index (χ0v) is 7.79. The van der Waals surface area contributed by atoms with Gasteiger partial charge in [0.25, 0.3) is 0 Å². The molecule has 0 N–H and O–H groups in total. The molecule has 10 heavy (non-hydrogen) atoms. The molecule has 1 atom stereocenters. The minimum atomic E-state index is -0.120. The molecule has 0 aromatic carbocycles. The molecular weight excluding hydrogens is 245 g/mol. The van der Waals surface area contributed by atoms with Crippen LogP contribution in [0.2, 0.25) is 0 Å². The quantitative estimate of drug-likeness (QED) is 0.389. The van der Waals surface area contributed by atoms with E-state index in [2.05, 4.69) is 0 Å². The van der Waals surface area contributed by atoms with Crippen molar-refractivity contribution in [1.29, 1.82) is 0 Å². The summed E-state index contributed by atoms with van der Waals surface area (Å²) < 4.78 is -0.120. The number of imide groups is 1. The summed E-state index contributed by atoms with van der Waals surface area (Å²) in [4.78, 5) is 23.3. The van der Waals surface area contributed by atoms with Crippen LogP contribution in [0.15, 0.2) is 0 Å². The minimum Gasteiger partial charge on any atom is -0.282 e. The standard InChI is InChI=1S/C6H8INO2/c1-2-8-5(9)3-4(7)6(8)10/h4H,2-3H2,1H3. The summed E-state index contributed by atoms with van der Waals surface area (Å²) in [6.45, 7) is 2.32. The van der Waals surface area contributed by atoms with Crippen molar-refractivity contribution in [1.82, 2.24) is 4.90 Å². The zero-order valence-electron chi connectivity index (χ0n) is 5.63. The highest BCUT2D eigenvalue weighted by Crippen LogP contribution is 2.19. The van der Waals surface area contributed by atoms with Gasteiger partial charge < -0.3 is 0 Å². The smallest absolute Gasteiger partial charge is 0.242 e. The maximum Gasteiger partial charge on any atom is 0.242 e. The van der Waals surface area contributed by atoms with E-state index < -0.39 is 0 Å². The number of hydrogen-bond donors (Lipinski definition) is 0. The van der Waals surface area contributed by atoms with E-state index in [1.165, 1.54) is 4.90 Å². The molecule has 0 radical (unpaired) electrons. The zero-order chi connectivity index (χ0) is 7.72. The molecule has 0 spiro atoms. The van der Waals surface area contributed by atoms with E-state index >= 15 is 0 Å². The third-order valence-corrected chi connectivity index (χ3v) is 2.48. The molecule has 2 amide bonds. The van der Waals surface area contributed by atoms with Crippen LogP contribution >= 0.6 is 22.6 Å². The highest BCUT2D eigenvalue weighted by Gasteiger charge is 2.35. The van der Waals surface area contributed by atoms with E-state index in [9.17, 15) is 9.59 Å². The van der Waals surface area contributed by atoms with Crippen molar-refractivity contribution >= 4 is 34.4 Å². The Morgan fingerprint density at radius 2 is 2.30 bits per heavy atom. The van der Waals surface area contributed by atoms with Gasteiger partial charge in [-0.1, -0.05) is 22.6 Å². The maximum absolute atomic E-state index is 11.0. The molecule has 0 aromatic rings. The molecule has 0 aliphatic carbocycles. The SMILES string of the molecule is CCN1C(=O)CC(I)C1=O. The molecule has 0 saturated carbocycles. The molecule has 1 rings (SSSR count). The highest BCUT2D eigenvalue weighted by atomic mass is 127. The van der Waals surface area contributed by atoms with Crippen LogP contribution < -0.4 is 0 Å². The van der Waals surface area contributed by atoms with Gasteiger partial charge in [-0.05, 0) is 6.92 Å². The molecular formula is C6H8INO2. The topological polar surface area (TPSA) is 37.4 Å². The first-order valence-electron chi connectivity index (χ1n) is 3.15. The van der Waals surface area contributed by atoms with Gasteiger partial charge in [0.1, 0.15) is 0 Å². The Balaban J connectivity index is 2.74. The predicted molar refractivity (Wildman–Crippen MR) is 44.8 cm³/mol. The van der Waals surface area contributed by atoms with Crippen LogP contribution in [0.3, 0.4) is 0 Å². The number of nitrogens with zero attached hydrogens (tertiary/aromatic N) is 1. The van der Waals surface area contributed by atoms with Gasteiger partial charge in [0.2, 0.25) is 11.8 Å². The molecule has 1 heterocycles. The first-order valence-corrected chi connectivity index (χ1v) is 4.39. The largest absolute Gasteiger partial charge is 0.282 e. The van der Waals surface area contributed by atoms with Gasteiger partial charge in [0.05, 0.1) is 3.92 Å². The molecule has 1 fully saturated rings. The average Bonchev–Trinajstić information content (AvgIpc) is 2.09. The van der Waals surface area contributed by atoms with Crippen molar-refractivity contribution < 1.29 is 9.59 Å². The summed E-state index contributed by atoms with van der Waals surface area (Å²) in [5.41, 5.74) is 0. The number of halogens is 1. The second kappa shape index (κ2) is 2.86. The summed E-state index contributed by atoms with van der Waals surface area (Å²) in [6, 6.07) is 0. The molecule has 56 valence electrons. The van der Waals surface area contributed by atoms with Crippen LogP contribution in [-0.4, -0.2) is 27.2 Å². The fraction of sp³-hybridized carbons (Fsp3) is 0.667. The molecule has 0 bridgehead atoms. The fourth-order valence-electron chi connectivity index (χ4n) is 0.975. The summed E-state index contributed by atoms with van der Waals surface area (Å²) >= 11 is 2.00. The van der Waals surface area contributed by atoms with Gasteiger partial charge in [-0.15, -0.1) is 0 Å². The normalized spacial score (nSPS) is 26.2. The van der Waals surface area contributed by atoms with Crippen molar-refractivity contribution in [3.63, 3.8) is 0 Å². The van der Waals surface area contributed by atoms with Crippen LogP contribution in [0.25, 0.3) is 0 Å². The number of alkyl halides is 1. The van der Waals surface area contributed by atoms with Crippen LogP contribution in [0.4, 0.5) is 0 Å². The lowest BCUT2D eigenvalue weighted by Crippen LogP contribution is -2.30. The van der Waals surface area contributed by atoms with Gasteiger partial charge >= 0.3 is 0 Å². The lowest BCUT2D eigenvalue weighted by molar-refractivity contribution is -0.137. The third-order valence-electron chi connectivity index (χ3n) is 1.51. The van der Waals surface area contributed by atoms with Gasteiger partial charge in [0, 0.05) is 13.0 Å². The van der Waals surface area contributed by atoms with E-state index in [1.807, 2.05) is 29.5 Å². The Labute approximate surface area is 72.9 Å².